The number of nitrogens with one attached hydrogen (secondary N) is 1. The molecule has 2 rings (SSSR count). The molecule has 2 aromatic rings. The molecule has 0 aliphatic heterocycles. The SMILES string of the molecule is CCCNC(CSc1ncccn1)c1ccccc1OC. The molecule has 0 saturated heterocycles. The number of para-hydroxylation sites is 1. The summed E-state index contributed by atoms with van der Waals surface area (Å²) in [5, 5.41) is 4.38. The number of aromatic nitrogens is 2. The Labute approximate surface area is 130 Å². The summed E-state index contributed by atoms with van der Waals surface area (Å²) in [4.78, 5) is 8.52. The third-order valence-corrected chi connectivity index (χ3v) is 4.05. The van der Waals surface area contributed by atoms with E-state index in [1.807, 2.05) is 24.3 Å². The number of methoxy groups -OCH3 is 1. The molecule has 1 aromatic heterocycles. The Morgan fingerprint density at radius 1 is 1.19 bits per heavy atom. The largest absolute Gasteiger partial charge is 0.496 e. The molecule has 0 aliphatic rings. The highest BCUT2D eigenvalue weighted by atomic mass is 32.2. The second-order valence-corrected chi connectivity index (χ2v) is 5.58. The van der Waals surface area contributed by atoms with Gasteiger partial charge in [0.1, 0.15) is 5.75 Å². The fraction of sp³-hybridized carbons (Fsp3) is 0.375. The Kier molecular flexibility index (Phi) is 6.50. The average molecular weight is 303 g/mol. The van der Waals surface area contributed by atoms with Crippen LogP contribution in [0.25, 0.3) is 0 Å². The molecule has 21 heavy (non-hydrogen) atoms. The topological polar surface area (TPSA) is 47.0 Å². The number of hydrogen-bond acceptors (Lipinski definition) is 5. The van der Waals surface area contributed by atoms with Crippen LogP contribution in [0, 0.1) is 0 Å². The zero-order valence-corrected chi connectivity index (χ0v) is 13.3. The number of hydrogen-bond donors (Lipinski definition) is 1. The van der Waals surface area contributed by atoms with Gasteiger partial charge in [0.05, 0.1) is 7.11 Å². The van der Waals surface area contributed by atoms with Crippen LogP contribution in [0.2, 0.25) is 0 Å². The van der Waals surface area contributed by atoms with Crippen molar-refractivity contribution in [2.24, 2.45) is 0 Å². The summed E-state index contributed by atoms with van der Waals surface area (Å²) in [5.74, 6) is 1.78. The van der Waals surface area contributed by atoms with Crippen molar-refractivity contribution in [3.63, 3.8) is 0 Å². The minimum Gasteiger partial charge on any atom is -0.496 e. The molecule has 0 spiro atoms. The normalized spacial score (nSPS) is 12.1. The van der Waals surface area contributed by atoms with Crippen molar-refractivity contribution in [3.05, 3.63) is 48.3 Å². The van der Waals surface area contributed by atoms with Gasteiger partial charge in [0.2, 0.25) is 0 Å². The van der Waals surface area contributed by atoms with Crippen LogP contribution in [0.1, 0.15) is 24.9 Å². The average Bonchev–Trinajstić information content (AvgIpc) is 2.56. The molecule has 0 bridgehead atoms. The number of benzene rings is 1. The van der Waals surface area contributed by atoms with E-state index in [1.165, 1.54) is 5.56 Å². The predicted molar refractivity (Wildman–Crippen MR) is 86.8 cm³/mol. The summed E-state index contributed by atoms with van der Waals surface area (Å²) in [7, 11) is 1.71. The lowest BCUT2D eigenvalue weighted by Gasteiger charge is -2.20. The first-order valence-electron chi connectivity index (χ1n) is 7.11. The molecule has 0 radical (unpaired) electrons. The molecule has 0 amide bonds. The summed E-state index contributed by atoms with van der Waals surface area (Å²) in [5.41, 5.74) is 1.18. The fourth-order valence-electron chi connectivity index (χ4n) is 2.05. The van der Waals surface area contributed by atoms with Crippen LogP contribution in [0.3, 0.4) is 0 Å². The van der Waals surface area contributed by atoms with Gasteiger partial charge in [-0.3, -0.25) is 0 Å². The molecular formula is C16H21N3OS. The first-order chi connectivity index (χ1) is 10.3. The maximum Gasteiger partial charge on any atom is 0.187 e. The highest BCUT2D eigenvalue weighted by molar-refractivity contribution is 7.99. The number of ether oxygens (including phenoxy) is 1. The zero-order chi connectivity index (χ0) is 14.9. The Morgan fingerprint density at radius 2 is 1.95 bits per heavy atom. The van der Waals surface area contributed by atoms with Gasteiger partial charge in [-0.15, -0.1) is 0 Å². The molecule has 0 saturated carbocycles. The first-order valence-corrected chi connectivity index (χ1v) is 8.09. The van der Waals surface area contributed by atoms with Crippen LogP contribution in [-0.4, -0.2) is 29.4 Å². The van der Waals surface area contributed by atoms with Crippen molar-refractivity contribution >= 4 is 11.8 Å². The highest BCUT2D eigenvalue weighted by Gasteiger charge is 2.16. The summed E-state index contributed by atoms with van der Waals surface area (Å²) in [6.45, 7) is 3.14. The smallest absolute Gasteiger partial charge is 0.187 e. The summed E-state index contributed by atoms with van der Waals surface area (Å²) in [6, 6.07) is 10.2. The summed E-state index contributed by atoms with van der Waals surface area (Å²) < 4.78 is 5.48. The van der Waals surface area contributed by atoms with Gasteiger partial charge >= 0.3 is 0 Å². The maximum atomic E-state index is 5.48. The number of nitrogens with zero attached hydrogens (tertiary/aromatic N) is 2. The lowest BCUT2D eigenvalue weighted by molar-refractivity contribution is 0.402. The van der Waals surface area contributed by atoms with E-state index in [0.717, 1.165) is 29.6 Å². The molecule has 1 atom stereocenters. The number of thioether (sulfide) groups is 1. The van der Waals surface area contributed by atoms with Gasteiger partial charge in [-0.1, -0.05) is 36.9 Å². The van der Waals surface area contributed by atoms with Crippen LogP contribution in [0.4, 0.5) is 0 Å². The van der Waals surface area contributed by atoms with E-state index in [4.69, 9.17) is 4.74 Å². The molecule has 5 heteroatoms. The predicted octanol–water partition coefficient (Wildman–Crippen LogP) is 3.32. The minimum absolute atomic E-state index is 0.218. The number of rotatable bonds is 8. The minimum atomic E-state index is 0.218. The highest BCUT2D eigenvalue weighted by Crippen LogP contribution is 2.28. The van der Waals surface area contributed by atoms with Crippen molar-refractivity contribution in [2.45, 2.75) is 24.5 Å². The van der Waals surface area contributed by atoms with E-state index in [1.54, 1.807) is 31.3 Å². The van der Waals surface area contributed by atoms with Gasteiger partial charge < -0.3 is 10.1 Å². The van der Waals surface area contributed by atoms with Crippen molar-refractivity contribution in [1.82, 2.24) is 15.3 Å². The van der Waals surface area contributed by atoms with Gasteiger partial charge in [0.25, 0.3) is 0 Å². The standard InChI is InChI=1S/C16H21N3OS/c1-3-9-17-14(12-21-16-18-10-6-11-19-16)13-7-4-5-8-15(13)20-2/h4-8,10-11,14,17H,3,9,12H2,1-2H3. The molecule has 4 nitrogen and oxygen atoms in total. The van der Waals surface area contributed by atoms with E-state index in [0.29, 0.717) is 0 Å². The van der Waals surface area contributed by atoms with Crippen LogP contribution >= 0.6 is 11.8 Å². The Hall–Kier alpha value is -1.59. The third kappa shape index (κ3) is 4.72. The van der Waals surface area contributed by atoms with Gasteiger partial charge in [-0.05, 0) is 25.1 Å². The van der Waals surface area contributed by atoms with E-state index in [9.17, 15) is 0 Å². The second-order valence-electron chi connectivity index (χ2n) is 4.59. The summed E-state index contributed by atoms with van der Waals surface area (Å²) >= 11 is 1.65. The molecule has 0 aliphatic carbocycles. The molecular weight excluding hydrogens is 282 g/mol. The van der Waals surface area contributed by atoms with Crippen LogP contribution in [-0.2, 0) is 0 Å². The van der Waals surface area contributed by atoms with E-state index in [2.05, 4.69) is 28.3 Å². The van der Waals surface area contributed by atoms with Gasteiger partial charge in [0.15, 0.2) is 5.16 Å². The lowest BCUT2D eigenvalue weighted by Crippen LogP contribution is -2.24. The van der Waals surface area contributed by atoms with Gasteiger partial charge in [-0.25, -0.2) is 9.97 Å². The third-order valence-electron chi connectivity index (χ3n) is 3.08. The van der Waals surface area contributed by atoms with E-state index < -0.39 is 0 Å². The van der Waals surface area contributed by atoms with Crippen molar-refractivity contribution in [3.8, 4) is 5.75 Å². The van der Waals surface area contributed by atoms with Crippen molar-refractivity contribution in [2.75, 3.05) is 19.4 Å². The molecule has 1 heterocycles. The van der Waals surface area contributed by atoms with Crippen LogP contribution < -0.4 is 10.1 Å². The van der Waals surface area contributed by atoms with Crippen LogP contribution in [0.5, 0.6) is 5.75 Å². The first kappa shape index (κ1) is 15.8. The monoisotopic (exact) mass is 303 g/mol. The van der Waals surface area contributed by atoms with Gasteiger partial charge in [-0.2, -0.15) is 0 Å². The van der Waals surface area contributed by atoms with Gasteiger partial charge in [0, 0.05) is 29.8 Å². The molecule has 112 valence electrons. The Bertz CT molecular complexity index is 536. The zero-order valence-electron chi connectivity index (χ0n) is 12.5. The summed E-state index contributed by atoms with van der Waals surface area (Å²) in [6.07, 6.45) is 4.64. The second kappa shape index (κ2) is 8.64. The molecule has 1 aromatic carbocycles. The van der Waals surface area contributed by atoms with E-state index >= 15 is 0 Å². The Morgan fingerprint density at radius 3 is 2.67 bits per heavy atom. The lowest BCUT2D eigenvalue weighted by atomic mass is 10.1. The molecule has 1 unspecified atom stereocenters. The molecule has 1 N–H and O–H groups in total. The molecule has 0 fully saturated rings. The van der Waals surface area contributed by atoms with E-state index in [-0.39, 0.29) is 6.04 Å². The van der Waals surface area contributed by atoms with Crippen molar-refractivity contribution < 1.29 is 4.74 Å². The Balaban J connectivity index is 2.10. The fourth-order valence-corrected chi connectivity index (χ4v) is 2.93. The van der Waals surface area contributed by atoms with Crippen LogP contribution in [0.15, 0.2) is 47.9 Å². The maximum absolute atomic E-state index is 5.48. The van der Waals surface area contributed by atoms with Crippen molar-refractivity contribution in [1.29, 1.82) is 0 Å². The quantitative estimate of drug-likeness (QED) is 0.599.